The summed E-state index contributed by atoms with van der Waals surface area (Å²) < 4.78 is 0. The van der Waals surface area contributed by atoms with Crippen molar-refractivity contribution in [2.24, 2.45) is 0 Å². The molecule has 3 heterocycles. The molecule has 1 saturated heterocycles. The van der Waals surface area contributed by atoms with Gasteiger partial charge in [-0.3, -0.25) is 4.90 Å². The van der Waals surface area contributed by atoms with E-state index in [2.05, 4.69) is 32.0 Å². The topological polar surface area (TPSA) is 54.2 Å². The lowest BCUT2D eigenvalue weighted by molar-refractivity contribution is 0.332. The summed E-state index contributed by atoms with van der Waals surface area (Å²) in [5, 5.41) is 8.57. The van der Waals surface area contributed by atoms with Gasteiger partial charge in [-0.05, 0) is 62.3 Å². The Labute approximate surface area is 140 Å². The highest BCUT2D eigenvalue weighted by Gasteiger charge is 2.12. The third kappa shape index (κ3) is 4.78. The van der Waals surface area contributed by atoms with E-state index < -0.39 is 0 Å². The Hall–Kier alpha value is -0.950. The molecule has 1 aliphatic heterocycles. The predicted molar refractivity (Wildman–Crippen MR) is 95.4 cm³/mol. The summed E-state index contributed by atoms with van der Waals surface area (Å²) in [5.74, 6) is 0. The molecular formula is C16H24N4S2. The molecule has 0 saturated carbocycles. The van der Waals surface area contributed by atoms with Crippen LogP contribution in [0.5, 0.6) is 0 Å². The molecule has 3 rings (SSSR count). The van der Waals surface area contributed by atoms with Gasteiger partial charge in [0.1, 0.15) is 0 Å². The summed E-state index contributed by atoms with van der Waals surface area (Å²) in [7, 11) is 0. The second-order valence-electron chi connectivity index (χ2n) is 5.86. The average molecular weight is 337 g/mol. The van der Waals surface area contributed by atoms with Crippen LogP contribution in [-0.4, -0.2) is 29.5 Å². The lowest BCUT2D eigenvalue weighted by Crippen LogP contribution is -2.18. The Morgan fingerprint density at radius 1 is 1.23 bits per heavy atom. The van der Waals surface area contributed by atoms with Crippen molar-refractivity contribution >= 4 is 27.8 Å². The van der Waals surface area contributed by atoms with Crippen molar-refractivity contribution in [2.45, 2.75) is 38.8 Å². The van der Waals surface area contributed by atoms with Crippen LogP contribution in [0.3, 0.4) is 0 Å². The molecule has 0 spiro atoms. The maximum atomic E-state index is 5.64. The first-order valence-corrected chi connectivity index (χ1v) is 9.75. The van der Waals surface area contributed by atoms with Gasteiger partial charge in [0.2, 0.25) is 0 Å². The fourth-order valence-electron chi connectivity index (χ4n) is 2.84. The maximum Gasteiger partial charge on any atom is 0.180 e. The number of thiazole rings is 1. The van der Waals surface area contributed by atoms with Gasteiger partial charge in [0.05, 0.1) is 5.69 Å². The predicted octanol–water partition coefficient (Wildman–Crippen LogP) is 3.11. The molecule has 1 aliphatic rings. The zero-order valence-electron chi connectivity index (χ0n) is 12.9. The van der Waals surface area contributed by atoms with E-state index in [1.54, 1.807) is 0 Å². The molecule has 0 bridgehead atoms. The number of thiophene rings is 1. The van der Waals surface area contributed by atoms with Crippen LogP contribution in [0.1, 0.15) is 35.4 Å². The number of nitrogens with zero attached hydrogens (tertiary/aromatic N) is 2. The second kappa shape index (κ2) is 8.06. The van der Waals surface area contributed by atoms with Crippen LogP contribution < -0.4 is 11.1 Å². The Kier molecular flexibility index (Phi) is 5.83. The molecule has 0 amide bonds. The van der Waals surface area contributed by atoms with Crippen molar-refractivity contribution in [1.29, 1.82) is 0 Å². The van der Waals surface area contributed by atoms with Gasteiger partial charge in [-0.15, -0.1) is 22.7 Å². The Morgan fingerprint density at radius 3 is 2.86 bits per heavy atom. The number of nitrogen functional groups attached to an aromatic ring is 1. The van der Waals surface area contributed by atoms with Crippen molar-refractivity contribution in [3.05, 3.63) is 33.0 Å². The van der Waals surface area contributed by atoms with Crippen LogP contribution in [0, 0.1) is 0 Å². The lowest BCUT2D eigenvalue weighted by Gasteiger charge is -2.12. The first-order valence-electron chi connectivity index (χ1n) is 7.99. The van der Waals surface area contributed by atoms with E-state index in [0.717, 1.165) is 38.2 Å². The molecule has 1 fully saturated rings. The molecule has 0 aliphatic carbocycles. The van der Waals surface area contributed by atoms with Crippen molar-refractivity contribution in [2.75, 3.05) is 25.4 Å². The fourth-order valence-corrected chi connectivity index (χ4v) is 4.29. The van der Waals surface area contributed by atoms with Gasteiger partial charge in [-0.2, -0.15) is 0 Å². The minimum absolute atomic E-state index is 0.673. The number of rotatable bonds is 8. The lowest BCUT2D eigenvalue weighted by atomic mass is 10.2. The van der Waals surface area contributed by atoms with Gasteiger partial charge < -0.3 is 11.1 Å². The Bertz CT molecular complexity index is 572. The van der Waals surface area contributed by atoms with E-state index in [9.17, 15) is 0 Å². The first-order chi connectivity index (χ1) is 10.8. The molecule has 22 heavy (non-hydrogen) atoms. The highest BCUT2D eigenvalue weighted by atomic mass is 32.1. The van der Waals surface area contributed by atoms with Gasteiger partial charge >= 0.3 is 0 Å². The zero-order chi connectivity index (χ0) is 15.2. The average Bonchev–Trinajstić information content (AvgIpc) is 3.23. The van der Waals surface area contributed by atoms with E-state index in [1.807, 2.05) is 11.3 Å². The van der Waals surface area contributed by atoms with Crippen LogP contribution in [-0.2, 0) is 19.5 Å². The van der Waals surface area contributed by atoms with E-state index in [1.165, 1.54) is 47.7 Å². The number of hydrogen-bond acceptors (Lipinski definition) is 6. The molecule has 120 valence electrons. The smallest absolute Gasteiger partial charge is 0.180 e. The summed E-state index contributed by atoms with van der Waals surface area (Å²) in [4.78, 5) is 8.28. The van der Waals surface area contributed by atoms with Gasteiger partial charge in [0.25, 0.3) is 0 Å². The number of nitrogens with two attached hydrogens (primary N) is 1. The van der Waals surface area contributed by atoms with Crippen molar-refractivity contribution in [3.8, 4) is 0 Å². The molecular weight excluding hydrogens is 312 g/mol. The number of nitrogens with one attached hydrogen (secondary N) is 1. The van der Waals surface area contributed by atoms with E-state index in [-0.39, 0.29) is 0 Å². The first kappa shape index (κ1) is 15.9. The molecule has 0 radical (unpaired) electrons. The summed E-state index contributed by atoms with van der Waals surface area (Å²) in [6.07, 6.45) is 4.84. The van der Waals surface area contributed by atoms with Crippen molar-refractivity contribution < 1.29 is 0 Å². The van der Waals surface area contributed by atoms with Gasteiger partial charge in [-0.1, -0.05) is 0 Å². The molecule has 6 heteroatoms. The van der Waals surface area contributed by atoms with Gasteiger partial charge in [0.15, 0.2) is 5.13 Å². The highest BCUT2D eigenvalue weighted by Crippen LogP contribution is 2.19. The van der Waals surface area contributed by atoms with E-state index >= 15 is 0 Å². The Balaban J connectivity index is 1.32. The molecule has 3 N–H and O–H groups in total. The van der Waals surface area contributed by atoms with Crippen LogP contribution in [0.25, 0.3) is 0 Å². The molecule has 0 unspecified atom stereocenters. The van der Waals surface area contributed by atoms with Crippen LogP contribution >= 0.6 is 22.7 Å². The van der Waals surface area contributed by atoms with Crippen LogP contribution in [0.4, 0.5) is 5.13 Å². The third-order valence-corrected chi connectivity index (χ3v) is 5.68. The molecule has 4 nitrogen and oxygen atoms in total. The minimum atomic E-state index is 0.673. The molecule has 2 aromatic rings. The number of aryl methyl sites for hydroxylation is 1. The monoisotopic (exact) mass is 336 g/mol. The Morgan fingerprint density at radius 2 is 2.09 bits per heavy atom. The molecule has 2 aromatic heterocycles. The highest BCUT2D eigenvalue weighted by molar-refractivity contribution is 7.13. The van der Waals surface area contributed by atoms with Crippen molar-refractivity contribution in [3.63, 3.8) is 0 Å². The molecule has 0 aromatic carbocycles. The zero-order valence-corrected chi connectivity index (χ0v) is 14.5. The summed E-state index contributed by atoms with van der Waals surface area (Å²) in [5.41, 5.74) is 8.23. The quantitative estimate of drug-likeness (QED) is 0.727. The summed E-state index contributed by atoms with van der Waals surface area (Å²) in [6, 6.07) is 2.36. The van der Waals surface area contributed by atoms with Crippen LogP contribution in [0.15, 0.2) is 16.8 Å². The number of aromatic nitrogens is 1. The third-order valence-electron chi connectivity index (χ3n) is 3.97. The number of likely N-dealkylation sites (tertiary alicyclic amines) is 1. The van der Waals surface area contributed by atoms with Gasteiger partial charge in [0, 0.05) is 23.3 Å². The van der Waals surface area contributed by atoms with E-state index in [0.29, 0.717) is 5.13 Å². The normalized spacial score (nSPS) is 15.6. The second-order valence-corrected chi connectivity index (χ2v) is 7.75. The summed E-state index contributed by atoms with van der Waals surface area (Å²) >= 11 is 3.40. The van der Waals surface area contributed by atoms with E-state index in [4.69, 9.17) is 5.73 Å². The number of anilines is 1. The SMILES string of the molecule is Nc1nc(CCCNCc2cc(CN3CCCC3)cs2)cs1. The standard InChI is InChI=1S/C16H24N4S2/c17-16-19-14(12-22-16)4-3-5-18-9-15-8-13(11-21-15)10-20-6-1-2-7-20/h8,11-12,18H,1-7,9-10H2,(H2,17,19). The summed E-state index contributed by atoms with van der Waals surface area (Å²) in [6.45, 7) is 5.66. The van der Waals surface area contributed by atoms with Crippen LogP contribution in [0.2, 0.25) is 0 Å². The minimum Gasteiger partial charge on any atom is -0.375 e. The van der Waals surface area contributed by atoms with Crippen molar-refractivity contribution in [1.82, 2.24) is 15.2 Å². The largest absolute Gasteiger partial charge is 0.375 e. The fraction of sp³-hybridized carbons (Fsp3) is 0.562. The number of hydrogen-bond donors (Lipinski definition) is 2. The molecule has 0 atom stereocenters. The maximum absolute atomic E-state index is 5.64. The van der Waals surface area contributed by atoms with Gasteiger partial charge in [-0.25, -0.2) is 4.98 Å².